The summed E-state index contributed by atoms with van der Waals surface area (Å²) in [6.45, 7) is 11.0. The molecule has 194 valence electrons. The molecule has 0 spiro atoms. The first kappa shape index (κ1) is 26.9. The third-order valence-corrected chi connectivity index (χ3v) is 6.28. The van der Waals surface area contributed by atoms with Gasteiger partial charge < -0.3 is 30.4 Å². The molecule has 4 N–H and O–H groups in total. The van der Waals surface area contributed by atoms with Gasteiger partial charge in [-0.1, -0.05) is 33.5 Å². The highest BCUT2D eigenvalue weighted by Crippen LogP contribution is 2.47. The number of carbonyl (C=O) groups excluding carboxylic acids is 1. The second-order valence-corrected chi connectivity index (χ2v) is 9.10. The van der Waals surface area contributed by atoms with Crippen LogP contribution in [0.5, 0.6) is 11.5 Å². The van der Waals surface area contributed by atoms with Gasteiger partial charge >= 0.3 is 0 Å². The summed E-state index contributed by atoms with van der Waals surface area (Å²) in [7, 11) is 0. The molecule has 0 aliphatic heterocycles. The lowest BCUT2D eigenvalue weighted by Crippen LogP contribution is -2.32. The van der Waals surface area contributed by atoms with Crippen molar-refractivity contribution in [2.24, 2.45) is 0 Å². The van der Waals surface area contributed by atoms with Gasteiger partial charge in [0.1, 0.15) is 36.1 Å². The SMILES string of the molecule is CCCN(CCC)c1cc(O)c(C2=C([O-])C(=C3C(O)=CC(=[N+](CCC)CCC)C=C3O)C2=O)c(O)c1. The molecule has 1 aromatic carbocycles. The highest BCUT2D eigenvalue weighted by molar-refractivity contribution is 6.40. The van der Waals surface area contributed by atoms with Crippen LogP contribution in [0.3, 0.4) is 0 Å². The lowest BCUT2D eigenvalue weighted by molar-refractivity contribution is -0.526. The van der Waals surface area contributed by atoms with E-state index in [1.165, 1.54) is 24.3 Å². The second kappa shape index (κ2) is 11.4. The number of ketones is 1. The number of aliphatic hydroxyl groups excluding tert-OH is 2. The quantitative estimate of drug-likeness (QED) is 0.286. The van der Waals surface area contributed by atoms with Gasteiger partial charge in [0.15, 0.2) is 5.78 Å². The number of aromatic hydroxyl groups is 2. The average molecular weight is 497 g/mol. The third kappa shape index (κ3) is 4.98. The maximum atomic E-state index is 13.1. The number of rotatable bonds is 10. The number of phenolic OH excluding ortho intramolecular Hbond substituents is 2. The predicted molar refractivity (Wildman–Crippen MR) is 139 cm³/mol. The van der Waals surface area contributed by atoms with E-state index >= 15 is 0 Å². The van der Waals surface area contributed by atoms with Crippen molar-refractivity contribution in [3.8, 4) is 11.5 Å². The Kier molecular flexibility index (Phi) is 8.50. The largest absolute Gasteiger partial charge is 0.871 e. The van der Waals surface area contributed by atoms with Crippen LogP contribution in [0.2, 0.25) is 0 Å². The summed E-state index contributed by atoms with van der Waals surface area (Å²) in [5.41, 5.74) is -0.0283. The lowest BCUT2D eigenvalue weighted by atomic mass is 9.78. The Bertz CT molecular complexity index is 1140. The van der Waals surface area contributed by atoms with Crippen LogP contribution >= 0.6 is 0 Å². The van der Waals surface area contributed by atoms with Gasteiger partial charge in [-0.25, -0.2) is 4.58 Å². The van der Waals surface area contributed by atoms with Crippen molar-refractivity contribution in [2.45, 2.75) is 53.4 Å². The summed E-state index contributed by atoms with van der Waals surface area (Å²) >= 11 is 0. The minimum Gasteiger partial charge on any atom is -0.871 e. The lowest BCUT2D eigenvalue weighted by Gasteiger charge is -2.34. The highest BCUT2D eigenvalue weighted by Gasteiger charge is 2.37. The summed E-state index contributed by atoms with van der Waals surface area (Å²) in [5.74, 6) is -3.02. The molecule has 0 fully saturated rings. The summed E-state index contributed by atoms with van der Waals surface area (Å²) in [4.78, 5) is 15.1. The molecule has 8 heteroatoms. The molecule has 0 radical (unpaired) electrons. The van der Waals surface area contributed by atoms with E-state index in [0.29, 0.717) is 11.4 Å². The molecule has 0 amide bonds. The number of anilines is 1. The molecule has 0 saturated carbocycles. The number of carbonyl (C=O) groups is 1. The molecular formula is C28H36N2O6. The number of allylic oxidation sites excluding steroid dienone is 4. The summed E-state index contributed by atoms with van der Waals surface area (Å²) in [6.07, 6.45) is 6.36. The molecule has 0 heterocycles. The van der Waals surface area contributed by atoms with Crippen LogP contribution in [-0.2, 0) is 4.79 Å². The molecule has 0 atom stereocenters. The van der Waals surface area contributed by atoms with Crippen LogP contribution in [-0.4, -0.2) is 62.7 Å². The Hall–Kier alpha value is -3.68. The zero-order chi connectivity index (χ0) is 26.6. The Morgan fingerprint density at radius 3 is 1.69 bits per heavy atom. The topological polar surface area (TPSA) is 127 Å². The molecule has 2 aliphatic carbocycles. The first-order valence-electron chi connectivity index (χ1n) is 12.7. The standard InChI is InChI=1S/C28H36N2O6/c1-5-9-29(10-6-2)17-13-19(31)23(20(32)14-17)25-27(35)26(28(25)36)24-21(33)15-18(16-22(24)34)30(11-7-3)12-8-4/h13-16H,5-12H2,1-4H3,(H4,31,32,33,34,35,36). The predicted octanol–water partition coefficient (Wildman–Crippen LogP) is 3.85. The van der Waals surface area contributed by atoms with Crippen molar-refractivity contribution in [2.75, 3.05) is 31.1 Å². The van der Waals surface area contributed by atoms with E-state index in [4.69, 9.17) is 0 Å². The molecule has 3 rings (SSSR count). The minimum absolute atomic E-state index is 0.238. The maximum absolute atomic E-state index is 13.1. The fourth-order valence-electron chi connectivity index (χ4n) is 4.74. The second-order valence-electron chi connectivity index (χ2n) is 9.10. The van der Waals surface area contributed by atoms with Crippen molar-refractivity contribution in [1.82, 2.24) is 0 Å². The molecular weight excluding hydrogens is 460 g/mol. The van der Waals surface area contributed by atoms with Crippen LogP contribution in [0, 0.1) is 0 Å². The molecule has 0 saturated heterocycles. The fourth-order valence-corrected chi connectivity index (χ4v) is 4.74. The minimum atomic E-state index is -0.755. The Morgan fingerprint density at radius 1 is 0.778 bits per heavy atom. The Morgan fingerprint density at radius 2 is 1.28 bits per heavy atom. The van der Waals surface area contributed by atoms with Gasteiger partial charge in [-0.05, 0) is 12.8 Å². The summed E-state index contributed by atoms with van der Waals surface area (Å²) in [6, 6.07) is 2.87. The first-order chi connectivity index (χ1) is 17.2. The number of hydrogen-bond donors (Lipinski definition) is 4. The van der Waals surface area contributed by atoms with Crippen molar-refractivity contribution in [3.63, 3.8) is 0 Å². The van der Waals surface area contributed by atoms with Gasteiger partial charge in [0.05, 0.1) is 23.3 Å². The summed E-state index contributed by atoms with van der Waals surface area (Å²) in [5, 5.41) is 55.7. The molecule has 1 aromatic rings. The number of phenols is 2. The van der Waals surface area contributed by atoms with E-state index in [-0.39, 0.29) is 45.3 Å². The van der Waals surface area contributed by atoms with E-state index < -0.39 is 11.5 Å². The van der Waals surface area contributed by atoms with Crippen molar-refractivity contribution < 1.29 is 34.9 Å². The van der Waals surface area contributed by atoms with Crippen molar-refractivity contribution in [3.05, 3.63) is 58.3 Å². The highest BCUT2D eigenvalue weighted by atomic mass is 16.3. The van der Waals surface area contributed by atoms with E-state index in [9.17, 15) is 30.3 Å². The fraction of sp³-hybridized carbons (Fsp3) is 0.429. The molecule has 2 aliphatic rings. The van der Waals surface area contributed by atoms with E-state index in [0.717, 1.165) is 51.9 Å². The molecule has 36 heavy (non-hydrogen) atoms. The van der Waals surface area contributed by atoms with E-state index in [1.807, 2.05) is 37.2 Å². The number of nitrogens with zero attached hydrogens (tertiary/aromatic N) is 2. The average Bonchev–Trinajstić information content (AvgIpc) is 2.82. The van der Waals surface area contributed by atoms with Gasteiger partial charge in [-0.15, -0.1) is 0 Å². The number of benzene rings is 1. The third-order valence-electron chi connectivity index (χ3n) is 6.28. The van der Waals surface area contributed by atoms with Crippen LogP contribution in [0.4, 0.5) is 5.69 Å². The molecule has 0 unspecified atom stereocenters. The van der Waals surface area contributed by atoms with Crippen LogP contribution in [0.15, 0.2) is 52.7 Å². The number of hydrogen-bond acceptors (Lipinski definition) is 7. The van der Waals surface area contributed by atoms with Gasteiger partial charge in [-0.2, -0.15) is 0 Å². The van der Waals surface area contributed by atoms with Gasteiger partial charge in [0.2, 0.25) is 5.71 Å². The van der Waals surface area contributed by atoms with Crippen LogP contribution in [0.1, 0.15) is 58.9 Å². The van der Waals surface area contributed by atoms with Gasteiger partial charge in [0, 0.05) is 54.9 Å². The zero-order valence-electron chi connectivity index (χ0n) is 21.5. The zero-order valence-corrected chi connectivity index (χ0v) is 21.5. The first-order valence-corrected chi connectivity index (χ1v) is 12.7. The van der Waals surface area contributed by atoms with E-state index in [1.54, 1.807) is 0 Å². The number of aliphatic hydroxyl groups is 2. The van der Waals surface area contributed by atoms with Crippen LogP contribution in [0.25, 0.3) is 5.57 Å². The normalized spacial score (nSPS) is 15.7. The smallest absolute Gasteiger partial charge is 0.207 e. The molecule has 8 nitrogen and oxygen atoms in total. The Labute approximate surface area is 212 Å². The monoisotopic (exact) mass is 496 g/mol. The van der Waals surface area contributed by atoms with Crippen molar-refractivity contribution in [1.29, 1.82) is 0 Å². The summed E-state index contributed by atoms with van der Waals surface area (Å²) < 4.78 is 2.01. The Balaban J connectivity index is 2.06. The molecule has 0 aromatic heterocycles. The number of Topliss-reactive ketones (excluding diaryl/α,β-unsaturated/α-hetero) is 1. The van der Waals surface area contributed by atoms with Gasteiger partial charge in [-0.3, -0.25) is 4.79 Å². The van der Waals surface area contributed by atoms with E-state index in [2.05, 4.69) is 0 Å². The van der Waals surface area contributed by atoms with Crippen LogP contribution < -0.4 is 10.0 Å². The van der Waals surface area contributed by atoms with Gasteiger partial charge in [0.25, 0.3) is 0 Å². The maximum Gasteiger partial charge on any atom is 0.207 e. The van der Waals surface area contributed by atoms with Crippen molar-refractivity contribution >= 4 is 22.8 Å². The molecule has 0 bridgehead atoms.